The fourth-order valence-electron chi connectivity index (χ4n) is 2.73. The predicted molar refractivity (Wildman–Crippen MR) is 96.6 cm³/mol. The van der Waals surface area contributed by atoms with Gasteiger partial charge in [0.2, 0.25) is 15.9 Å². The Morgan fingerprint density at radius 2 is 1.92 bits per heavy atom. The average molecular weight is 369 g/mol. The number of sulfonamides is 1. The van der Waals surface area contributed by atoms with Crippen molar-refractivity contribution < 1.29 is 13.2 Å². The highest BCUT2D eigenvalue weighted by molar-refractivity contribution is 7.99. The average Bonchev–Trinajstić information content (AvgIpc) is 3.39. The van der Waals surface area contributed by atoms with Crippen molar-refractivity contribution in [3.05, 3.63) is 29.8 Å². The predicted octanol–water partition coefficient (Wildman–Crippen LogP) is 2.03. The minimum absolute atomic E-state index is 0.110. The number of aryl methyl sites for hydroxylation is 1. The molecule has 0 aromatic heterocycles. The molecule has 1 saturated heterocycles. The van der Waals surface area contributed by atoms with Gasteiger partial charge in [-0.25, -0.2) is 13.1 Å². The highest BCUT2D eigenvalue weighted by Crippen LogP contribution is 2.22. The molecule has 0 bridgehead atoms. The Hall–Kier alpha value is -1.05. The molecule has 1 N–H and O–H groups in total. The maximum absolute atomic E-state index is 12.3. The van der Waals surface area contributed by atoms with Crippen LogP contribution in [0.15, 0.2) is 29.2 Å². The van der Waals surface area contributed by atoms with Crippen molar-refractivity contribution in [2.24, 2.45) is 0 Å². The van der Waals surface area contributed by atoms with E-state index in [4.69, 9.17) is 0 Å². The normalized spacial score (nSPS) is 19.1. The molecule has 2 aliphatic rings. The van der Waals surface area contributed by atoms with E-state index in [1.807, 2.05) is 28.8 Å². The molecule has 5 nitrogen and oxygen atoms in total. The van der Waals surface area contributed by atoms with Crippen LogP contribution < -0.4 is 4.72 Å². The van der Waals surface area contributed by atoms with E-state index in [9.17, 15) is 13.2 Å². The van der Waals surface area contributed by atoms with E-state index in [2.05, 4.69) is 4.72 Å². The van der Waals surface area contributed by atoms with Gasteiger partial charge in [-0.15, -0.1) is 0 Å². The van der Waals surface area contributed by atoms with Crippen LogP contribution in [0.3, 0.4) is 0 Å². The number of carbonyl (C=O) groups is 1. The number of hydrogen-bond donors (Lipinski definition) is 1. The number of thioether (sulfide) groups is 1. The molecule has 24 heavy (non-hydrogen) atoms. The molecule has 7 heteroatoms. The van der Waals surface area contributed by atoms with Gasteiger partial charge in [-0.1, -0.05) is 12.1 Å². The molecule has 1 aromatic rings. The molecule has 1 aliphatic heterocycles. The second kappa shape index (κ2) is 7.89. The van der Waals surface area contributed by atoms with Gasteiger partial charge >= 0.3 is 0 Å². The first-order valence-electron chi connectivity index (χ1n) is 8.51. The van der Waals surface area contributed by atoms with Crippen LogP contribution in [0.4, 0.5) is 0 Å². The third-order valence-corrected chi connectivity index (χ3v) is 6.92. The summed E-state index contributed by atoms with van der Waals surface area (Å²) in [5, 5.41) is 0. The van der Waals surface area contributed by atoms with Crippen molar-refractivity contribution in [1.82, 2.24) is 9.62 Å². The van der Waals surface area contributed by atoms with Gasteiger partial charge in [0.15, 0.2) is 0 Å². The quantitative estimate of drug-likeness (QED) is 0.834. The van der Waals surface area contributed by atoms with E-state index in [1.165, 1.54) is 0 Å². The Morgan fingerprint density at radius 1 is 1.17 bits per heavy atom. The number of hydrogen-bond acceptors (Lipinski definition) is 4. The van der Waals surface area contributed by atoms with E-state index in [0.29, 0.717) is 17.7 Å². The lowest BCUT2D eigenvalue weighted by atomic mass is 10.1. The minimum Gasteiger partial charge on any atom is -0.342 e. The first-order valence-corrected chi connectivity index (χ1v) is 11.2. The Bertz CT molecular complexity index is 662. The fourth-order valence-corrected chi connectivity index (χ4v) is 4.92. The van der Waals surface area contributed by atoms with Gasteiger partial charge in [0.05, 0.1) is 4.90 Å². The first-order chi connectivity index (χ1) is 11.5. The smallest absolute Gasteiger partial charge is 0.240 e. The zero-order valence-corrected chi connectivity index (χ0v) is 15.4. The van der Waals surface area contributed by atoms with Crippen molar-refractivity contribution >= 4 is 27.7 Å². The fraction of sp³-hybridized carbons (Fsp3) is 0.588. The molecule has 0 radical (unpaired) electrons. The summed E-state index contributed by atoms with van der Waals surface area (Å²) in [5.74, 6) is 2.35. The summed E-state index contributed by atoms with van der Waals surface area (Å²) in [4.78, 5) is 14.5. The Kier molecular flexibility index (Phi) is 5.84. The van der Waals surface area contributed by atoms with Crippen LogP contribution >= 0.6 is 11.8 Å². The summed E-state index contributed by atoms with van der Waals surface area (Å²) in [6, 6.07) is 7.00. The van der Waals surface area contributed by atoms with E-state index < -0.39 is 10.0 Å². The third-order valence-electron chi connectivity index (χ3n) is 4.34. The number of nitrogens with zero attached hydrogens (tertiary/aromatic N) is 1. The van der Waals surface area contributed by atoms with Gasteiger partial charge < -0.3 is 4.90 Å². The molecule has 0 unspecified atom stereocenters. The first kappa shape index (κ1) is 17.8. The van der Waals surface area contributed by atoms with Crippen molar-refractivity contribution in [3.8, 4) is 0 Å². The number of carbonyl (C=O) groups excluding carboxylic acids is 1. The van der Waals surface area contributed by atoms with Gasteiger partial charge in [0, 0.05) is 31.3 Å². The number of rotatable bonds is 6. The molecular formula is C17H24N2O3S2. The van der Waals surface area contributed by atoms with Crippen LogP contribution in [0.2, 0.25) is 0 Å². The molecule has 1 aliphatic carbocycles. The number of amides is 1. The monoisotopic (exact) mass is 368 g/mol. The van der Waals surface area contributed by atoms with Gasteiger partial charge in [-0.05, 0) is 49.1 Å². The number of nitrogens with one attached hydrogen (secondary N) is 1. The Labute approximate surface area is 148 Å². The largest absolute Gasteiger partial charge is 0.342 e. The van der Waals surface area contributed by atoms with E-state index in [1.54, 1.807) is 12.1 Å². The molecule has 132 valence electrons. The highest BCUT2D eigenvalue weighted by Gasteiger charge is 2.27. The summed E-state index contributed by atoms with van der Waals surface area (Å²) in [6.07, 6.45) is 4.05. The minimum atomic E-state index is -3.39. The maximum atomic E-state index is 12.3. The van der Waals surface area contributed by atoms with Gasteiger partial charge in [0.1, 0.15) is 0 Å². The SMILES string of the molecule is O=C(CCc1ccc(S(=O)(=O)NC2CC2)cc1)N1CCCSCC1. The topological polar surface area (TPSA) is 66.5 Å². The highest BCUT2D eigenvalue weighted by atomic mass is 32.2. The van der Waals surface area contributed by atoms with Crippen molar-refractivity contribution in [2.75, 3.05) is 24.6 Å². The van der Waals surface area contributed by atoms with Crippen LogP contribution in [0.1, 0.15) is 31.2 Å². The Morgan fingerprint density at radius 3 is 2.62 bits per heavy atom. The van der Waals surface area contributed by atoms with E-state index >= 15 is 0 Å². The lowest BCUT2D eigenvalue weighted by molar-refractivity contribution is -0.130. The zero-order chi connectivity index (χ0) is 17.0. The van der Waals surface area contributed by atoms with Crippen LogP contribution in [0.25, 0.3) is 0 Å². The molecule has 1 aromatic carbocycles. The second-order valence-electron chi connectivity index (χ2n) is 6.39. The molecule has 1 amide bonds. The van der Waals surface area contributed by atoms with E-state index in [0.717, 1.165) is 49.4 Å². The molecule has 3 rings (SSSR count). The van der Waals surface area contributed by atoms with Crippen LogP contribution in [-0.4, -0.2) is 49.9 Å². The molecule has 1 saturated carbocycles. The zero-order valence-electron chi connectivity index (χ0n) is 13.7. The van der Waals surface area contributed by atoms with Gasteiger partial charge in [-0.3, -0.25) is 4.79 Å². The lowest BCUT2D eigenvalue weighted by Crippen LogP contribution is -2.33. The summed E-state index contributed by atoms with van der Waals surface area (Å²) in [6.45, 7) is 1.70. The molecule has 1 heterocycles. The standard InChI is InChI=1S/C17H24N2O3S2/c20-17(19-10-1-12-23-13-11-19)9-4-14-2-7-16(8-3-14)24(21,22)18-15-5-6-15/h2-3,7-8,15,18H,1,4-6,9-13H2. The van der Waals surface area contributed by atoms with Crippen LogP contribution in [0, 0.1) is 0 Å². The molecule has 2 fully saturated rings. The van der Waals surface area contributed by atoms with Crippen molar-refractivity contribution in [1.29, 1.82) is 0 Å². The van der Waals surface area contributed by atoms with Crippen LogP contribution in [-0.2, 0) is 21.2 Å². The Balaban J connectivity index is 1.53. The van der Waals surface area contributed by atoms with Crippen molar-refractivity contribution in [2.45, 2.75) is 43.0 Å². The molecule has 0 atom stereocenters. The number of benzene rings is 1. The second-order valence-corrected chi connectivity index (χ2v) is 9.32. The van der Waals surface area contributed by atoms with Gasteiger partial charge in [0.25, 0.3) is 0 Å². The molecular weight excluding hydrogens is 344 g/mol. The third kappa shape index (κ3) is 4.97. The summed E-state index contributed by atoms with van der Waals surface area (Å²) >= 11 is 1.91. The van der Waals surface area contributed by atoms with Crippen LogP contribution in [0.5, 0.6) is 0 Å². The summed E-state index contributed by atoms with van der Waals surface area (Å²) in [7, 11) is -3.39. The van der Waals surface area contributed by atoms with Gasteiger partial charge in [-0.2, -0.15) is 11.8 Å². The summed E-state index contributed by atoms with van der Waals surface area (Å²) < 4.78 is 26.9. The molecule has 0 spiro atoms. The summed E-state index contributed by atoms with van der Waals surface area (Å²) in [5.41, 5.74) is 0.998. The van der Waals surface area contributed by atoms with Crippen molar-refractivity contribution in [3.63, 3.8) is 0 Å². The van der Waals surface area contributed by atoms with E-state index in [-0.39, 0.29) is 11.9 Å². The maximum Gasteiger partial charge on any atom is 0.240 e. The lowest BCUT2D eigenvalue weighted by Gasteiger charge is -2.19.